The van der Waals surface area contributed by atoms with Gasteiger partial charge in [0.05, 0.1) is 19.1 Å². The Kier molecular flexibility index (Phi) is 8.04. The van der Waals surface area contributed by atoms with E-state index in [9.17, 15) is 9.59 Å². The van der Waals surface area contributed by atoms with Crippen LogP contribution in [0.1, 0.15) is 49.1 Å². The molecule has 33 heavy (non-hydrogen) atoms. The molecule has 1 aromatic heterocycles. The summed E-state index contributed by atoms with van der Waals surface area (Å²) >= 11 is 1.78. The second-order valence-corrected chi connectivity index (χ2v) is 9.99. The minimum absolute atomic E-state index is 0.143. The number of amides is 2. The van der Waals surface area contributed by atoms with Crippen molar-refractivity contribution in [2.75, 3.05) is 39.8 Å². The second-order valence-electron chi connectivity index (χ2n) is 8.95. The first kappa shape index (κ1) is 23.8. The molecule has 6 nitrogen and oxygen atoms in total. The van der Waals surface area contributed by atoms with Crippen LogP contribution in [0.3, 0.4) is 0 Å². The van der Waals surface area contributed by atoms with E-state index in [2.05, 4.69) is 29.3 Å². The van der Waals surface area contributed by atoms with E-state index in [1.807, 2.05) is 34.1 Å². The van der Waals surface area contributed by atoms with Gasteiger partial charge in [0, 0.05) is 56.1 Å². The summed E-state index contributed by atoms with van der Waals surface area (Å²) in [7, 11) is 1.66. The number of thiophene rings is 1. The van der Waals surface area contributed by atoms with Crippen LogP contribution in [0.2, 0.25) is 0 Å². The molecule has 2 saturated heterocycles. The van der Waals surface area contributed by atoms with Gasteiger partial charge in [0.1, 0.15) is 5.75 Å². The molecule has 3 heterocycles. The topological polar surface area (TPSA) is 53.1 Å². The van der Waals surface area contributed by atoms with Crippen molar-refractivity contribution in [3.05, 3.63) is 52.2 Å². The van der Waals surface area contributed by atoms with Crippen molar-refractivity contribution in [3.63, 3.8) is 0 Å². The van der Waals surface area contributed by atoms with E-state index in [1.165, 1.54) is 4.88 Å². The Morgan fingerprint density at radius 1 is 1.12 bits per heavy atom. The third-order valence-electron chi connectivity index (χ3n) is 6.88. The molecule has 0 spiro atoms. The van der Waals surface area contributed by atoms with E-state index in [0.717, 1.165) is 56.9 Å². The summed E-state index contributed by atoms with van der Waals surface area (Å²) in [5.41, 5.74) is 0.943. The minimum atomic E-state index is -0.273. The van der Waals surface area contributed by atoms with Gasteiger partial charge in [-0.1, -0.05) is 37.6 Å². The SMILES string of the molecule is CCCCN1C(=O)CCC(C(=O)N2CCN(Cc3cccs3)CC2)C1c1ccccc1OC. The predicted molar refractivity (Wildman–Crippen MR) is 131 cm³/mol. The van der Waals surface area contributed by atoms with Crippen molar-refractivity contribution in [2.45, 2.75) is 45.2 Å². The van der Waals surface area contributed by atoms with Gasteiger partial charge >= 0.3 is 0 Å². The highest BCUT2D eigenvalue weighted by Gasteiger charge is 2.43. The van der Waals surface area contributed by atoms with Gasteiger partial charge in [-0.2, -0.15) is 0 Å². The summed E-state index contributed by atoms with van der Waals surface area (Å²) in [5.74, 6) is 0.830. The van der Waals surface area contributed by atoms with Crippen LogP contribution in [-0.2, 0) is 16.1 Å². The van der Waals surface area contributed by atoms with Crippen LogP contribution in [0.4, 0.5) is 0 Å². The highest BCUT2D eigenvalue weighted by atomic mass is 32.1. The maximum absolute atomic E-state index is 13.8. The molecule has 2 aliphatic rings. The Bertz CT molecular complexity index is 925. The van der Waals surface area contributed by atoms with Gasteiger partial charge in [0.2, 0.25) is 11.8 Å². The fourth-order valence-corrected chi connectivity index (χ4v) is 5.83. The first-order chi connectivity index (χ1) is 16.1. The molecule has 178 valence electrons. The van der Waals surface area contributed by atoms with E-state index >= 15 is 0 Å². The number of rotatable bonds is 8. The lowest BCUT2D eigenvalue weighted by Gasteiger charge is -2.44. The molecule has 0 bridgehead atoms. The van der Waals surface area contributed by atoms with Gasteiger partial charge in [-0.15, -0.1) is 11.3 Å². The molecule has 7 heteroatoms. The Labute approximate surface area is 201 Å². The van der Waals surface area contributed by atoms with Crippen molar-refractivity contribution in [1.82, 2.24) is 14.7 Å². The lowest BCUT2D eigenvalue weighted by molar-refractivity contribution is -0.149. The van der Waals surface area contributed by atoms with Crippen LogP contribution in [-0.4, -0.2) is 66.3 Å². The number of hydrogen-bond donors (Lipinski definition) is 0. The number of hydrogen-bond acceptors (Lipinski definition) is 5. The maximum Gasteiger partial charge on any atom is 0.228 e. The summed E-state index contributed by atoms with van der Waals surface area (Å²) in [6.07, 6.45) is 2.97. The van der Waals surface area contributed by atoms with Gasteiger partial charge < -0.3 is 14.5 Å². The number of carbonyl (C=O) groups is 2. The van der Waals surface area contributed by atoms with Gasteiger partial charge in [-0.25, -0.2) is 0 Å². The molecule has 2 fully saturated rings. The number of carbonyl (C=O) groups excluding carboxylic acids is 2. The highest BCUT2D eigenvalue weighted by Crippen LogP contribution is 2.41. The van der Waals surface area contributed by atoms with Crippen molar-refractivity contribution < 1.29 is 14.3 Å². The molecule has 4 rings (SSSR count). The molecule has 1 aromatic carbocycles. The number of likely N-dealkylation sites (tertiary alicyclic amines) is 1. The zero-order chi connectivity index (χ0) is 23.2. The minimum Gasteiger partial charge on any atom is -0.496 e. The van der Waals surface area contributed by atoms with E-state index in [-0.39, 0.29) is 23.8 Å². The number of unbranched alkanes of at least 4 members (excludes halogenated alkanes) is 1. The van der Waals surface area contributed by atoms with Crippen LogP contribution >= 0.6 is 11.3 Å². The standard InChI is InChI=1S/C26H35N3O3S/c1-3-4-13-29-24(30)12-11-22(25(29)21-9-5-6-10-23(21)32-2)26(31)28-16-14-27(15-17-28)19-20-8-7-18-33-20/h5-10,18,22,25H,3-4,11-17,19H2,1-2H3. The lowest BCUT2D eigenvalue weighted by Crippen LogP contribution is -2.54. The van der Waals surface area contributed by atoms with Crippen LogP contribution in [0.25, 0.3) is 0 Å². The Balaban J connectivity index is 1.52. The summed E-state index contributed by atoms with van der Waals surface area (Å²) in [6, 6.07) is 11.8. The fourth-order valence-electron chi connectivity index (χ4n) is 5.08. The summed E-state index contributed by atoms with van der Waals surface area (Å²) in [5, 5.41) is 2.11. The molecule has 2 unspecified atom stereocenters. The van der Waals surface area contributed by atoms with Crippen LogP contribution in [0.15, 0.2) is 41.8 Å². The van der Waals surface area contributed by atoms with Crippen molar-refractivity contribution >= 4 is 23.2 Å². The van der Waals surface area contributed by atoms with Crippen molar-refractivity contribution in [2.24, 2.45) is 5.92 Å². The molecule has 2 aromatic rings. The van der Waals surface area contributed by atoms with E-state index < -0.39 is 0 Å². The van der Waals surface area contributed by atoms with Crippen molar-refractivity contribution in [1.29, 1.82) is 0 Å². The van der Waals surface area contributed by atoms with Crippen molar-refractivity contribution in [3.8, 4) is 5.75 Å². The first-order valence-corrected chi connectivity index (χ1v) is 13.0. The number of methoxy groups -OCH3 is 1. The summed E-state index contributed by atoms with van der Waals surface area (Å²) in [4.78, 5) is 34.5. The predicted octanol–water partition coefficient (Wildman–Crippen LogP) is 4.18. The van der Waals surface area contributed by atoms with Crippen LogP contribution in [0.5, 0.6) is 5.75 Å². The summed E-state index contributed by atoms with van der Waals surface area (Å²) < 4.78 is 5.66. The van der Waals surface area contributed by atoms with E-state index in [1.54, 1.807) is 18.4 Å². The molecule has 0 aliphatic carbocycles. The summed E-state index contributed by atoms with van der Waals surface area (Å²) in [6.45, 7) is 7.00. The number of para-hydroxylation sites is 1. The van der Waals surface area contributed by atoms with Crippen LogP contribution < -0.4 is 4.74 Å². The van der Waals surface area contributed by atoms with Gasteiger partial charge in [-0.05, 0) is 30.4 Å². The molecule has 2 aliphatic heterocycles. The number of piperazine rings is 1. The van der Waals surface area contributed by atoms with Crippen LogP contribution in [0, 0.1) is 5.92 Å². The van der Waals surface area contributed by atoms with Gasteiger partial charge in [-0.3, -0.25) is 14.5 Å². The smallest absolute Gasteiger partial charge is 0.228 e. The number of nitrogens with zero attached hydrogens (tertiary/aromatic N) is 3. The molecule has 0 radical (unpaired) electrons. The average molecular weight is 470 g/mol. The van der Waals surface area contributed by atoms with E-state index in [4.69, 9.17) is 4.74 Å². The number of piperidine rings is 1. The lowest BCUT2D eigenvalue weighted by atomic mass is 9.82. The second kappa shape index (κ2) is 11.2. The zero-order valence-electron chi connectivity index (χ0n) is 19.7. The van der Waals surface area contributed by atoms with E-state index in [0.29, 0.717) is 19.4 Å². The quantitative estimate of drug-likeness (QED) is 0.582. The molecular formula is C26H35N3O3S. The maximum atomic E-state index is 13.8. The first-order valence-electron chi connectivity index (χ1n) is 12.1. The van der Waals surface area contributed by atoms with Gasteiger partial charge in [0.25, 0.3) is 0 Å². The number of ether oxygens (including phenoxy) is 1. The normalized spacial score (nSPS) is 21.9. The highest BCUT2D eigenvalue weighted by molar-refractivity contribution is 7.09. The molecular weight excluding hydrogens is 434 g/mol. The monoisotopic (exact) mass is 469 g/mol. The molecule has 0 saturated carbocycles. The third kappa shape index (κ3) is 5.41. The molecule has 2 atom stereocenters. The average Bonchev–Trinajstić information content (AvgIpc) is 3.36. The Hall–Kier alpha value is -2.38. The largest absolute Gasteiger partial charge is 0.496 e. The fraction of sp³-hybridized carbons (Fsp3) is 0.538. The van der Waals surface area contributed by atoms with Gasteiger partial charge in [0.15, 0.2) is 0 Å². The Morgan fingerprint density at radius 3 is 2.61 bits per heavy atom. The third-order valence-corrected chi connectivity index (χ3v) is 7.74. The molecule has 0 N–H and O–H groups in total. The molecule has 2 amide bonds. The number of benzene rings is 1. The Morgan fingerprint density at radius 2 is 1.91 bits per heavy atom. The zero-order valence-corrected chi connectivity index (χ0v) is 20.6.